The van der Waals surface area contributed by atoms with Crippen molar-refractivity contribution in [3.8, 4) is 0 Å². The molecular weight excluding hydrogens is 247 g/mol. The number of alkyl halides is 1. The molecular formula is C19H25F. The molecule has 1 unspecified atom stereocenters. The summed E-state index contributed by atoms with van der Waals surface area (Å²) in [6.45, 7) is 11.6. The summed E-state index contributed by atoms with van der Waals surface area (Å²) in [5.74, 6) is 0.142. The van der Waals surface area contributed by atoms with Gasteiger partial charge < -0.3 is 0 Å². The predicted molar refractivity (Wildman–Crippen MR) is 87.6 cm³/mol. The van der Waals surface area contributed by atoms with Gasteiger partial charge in [-0.1, -0.05) is 61.9 Å². The van der Waals surface area contributed by atoms with Crippen LogP contribution in [0.1, 0.15) is 36.5 Å². The van der Waals surface area contributed by atoms with Crippen LogP contribution in [0.4, 0.5) is 4.39 Å². The average Bonchev–Trinajstić information content (AvgIpc) is 2.44. The lowest BCUT2D eigenvalue weighted by Crippen LogP contribution is -2.05. The third-order valence-electron chi connectivity index (χ3n) is 3.56. The van der Waals surface area contributed by atoms with Crippen LogP contribution in [0, 0.1) is 12.8 Å². The van der Waals surface area contributed by atoms with Crippen LogP contribution in [0.25, 0.3) is 6.08 Å². The molecule has 0 heterocycles. The van der Waals surface area contributed by atoms with Gasteiger partial charge in [0.1, 0.15) is 0 Å². The Kier molecular flexibility index (Phi) is 7.00. The third kappa shape index (κ3) is 5.16. The van der Waals surface area contributed by atoms with Crippen LogP contribution in [0.2, 0.25) is 0 Å². The van der Waals surface area contributed by atoms with Crippen molar-refractivity contribution in [3.63, 3.8) is 0 Å². The normalized spacial score (nSPS) is 12.6. The molecule has 0 radical (unpaired) electrons. The number of benzene rings is 1. The first-order chi connectivity index (χ1) is 9.60. The average molecular weight is 272 g/mol. The highest BCUT2D eigenvalue weighted by Gasteiger charge is 2.07. The van der Waals surface area contributed by atoms with Crippen LogP contribution in [-0.2, 0) is 6.42 Å². The molecule has 1 heteroatoms. The zero-order valence-corrected chi connectivity index (χ0v) is 12.7. The van der Waals surface area contributed by atoms with Crippen molar-refractivity contribution in [2.45, 2.75) is 33.1 Å². The van der Waals surface area contributed by atoms with E-state index in [2.05, 4.69) is 44.4 Å². The molecule has 0 saturated carbocycles. The van der Waals surface area contributed by atoms with Crippen LogP contribution < -0.4 is 0 Å². The molecule has 1 atom stereocenters. The number of allylic oxidation sites excluding steroid dienone is 3. The number of hydrogen-bond acceptors (Lipinski definition) is 0. The molecule has 0 amide bonds. The van der Waals surface area contributed by atoms with E-state index in [1.165, 1.54) is 16.7 Å². The fourth-order valence-electron chi connectivity index (χ4n) is 2.15. The van der Waals surface area contributed by atoms with Crippen molar-refractivity contribution in [1.82, 2.24) is 0 Å². The molecule has 0 spiro atoms. The Labute approximate surface area is 122 Å². The Bertz CT molecular complexity index is 479. The van der Waals surface area contributed by atoms with Gasteiger partial charge in [-0.3, -0.25) is 4.39 Å². The maximum Gasteiger partial charge on any atom is 0.0925 e. The number of halogens is 1. The molecule has 0 saturated heterocycles. The van der Waals surface area contributed by atoms with Crippen molar-refractivity contribution in [2.75, 3.05) is 6.67 Å². The molecule has 0 aliphatic heterocycles. The fourth-order valence-corrected chi connectivity index (χ4v) is 2.15. The highest BCUT2D eigenvalue weighted by molar-refractivity contribution is 5.57. The van der Waals surface area contributed by atoms with Gasteiger partial charge in [-0.2, -0.15) is 0 Å². The molecule has 1 aromatic carbocycles. The molecule has 0 aliphatic rings. The van der Waals surface area contributed by atoms with E-state index in [9.17, 15) is 4.39 Å². The summed E-state index contributed by atoms with van der Waals surface area (Å²) in [7, 11) is 0. The third-order valence-corrected chi connectivity index (χ3v) is 3.56. The van der Waals surface area contributed by atoms with Crippen LogP contribution in [-0.4, -0.2) is 6.67 Å². The second-order valence-corrected chi connectivity index (χ2v) is 5.31. The van der Waals surface area contributed by atoms with Crippen LogP contribution in [0.3, 0.4) is 0 Å². The number of aryl methyl sites for hydroxylation is 1. The minimum absolute atomic E-state index is 0.142. The monoisotopic (exact) mass is 272 g/mol. The summed E-state index contributed by atoms with van der Waals surface area (Å²) < 4.78 is 12.8. The van der Waals surface area contributed by atoms with Gasteiger partial charge >= 0.3 is 0 Å². The van der Waals surface area contributed by atoms with Crippen molar-refractivity contribution < 1.29 is 4.39 Å². The molecule has 0 aliphatic carbocycles. The molecule has 1 aromatic rings. The Morgan fingerprint density at radius 3 is 2.70 bits per heavy atom. The molecule has 0 bridgehead atoms. The fraction of sp³-hybridized carbons (Fsp3) is 0.368. The first-order valence-corrected chi connectivity index (χ1v) is 7.22. The first-order valence-electron chi connectivity index (χ1n) is 7.22. The lowest BCUT2D eigenvalue weighted by molar-refractivity contribution is 0.351. The van der Waals surface area contributed by atoms with E-state index < -0.39 is 0 Å². The topological polar surface area (TPSA) is 0 Å². The predicted octanol–water partition coefficient (Wildman–Crippen LogP) is 5.68. The molecule has 0 N–H and O–H groups in total. The highest BCUT2D eigenvalue weighted by Crippen LogP contribution is 2.18. The lowest BCUT2D eigenvalue weighted by Gasteiger charge is -2.11. The standard InChI is InChI=1S/C19H25F/c1-5-7-15(3)8-10-19-11-9-18(12-16(19)4)13-17(6-2)14-20/h5,8-12,17H,1,3,6-7,13-14H2,2,4H3/b10-8-. The van der Waals surface area contributed by atoms with Gasteiger partial charge in [0.15, 0.2) is 0 Å². The van der Waals surface area contributed by atoms with E-state index >= 15 is 0 Å². The summed E-state index contributed by atoms with van der Waals surface area (Å²) in [6.07, 6.45) is 8.48. The summed E-state index contributed by atoms with van der Waals surface area (Å²) in [5.41, 5.74) is 4.67. The van der Waals surface area contributed by atoms with E-state index in [4.69, 9.17) is 0 Å². The molecule has 20 heavy (non-hydrogen) atoms. The van der Waals surface area contributed by atoms with Crippen molar-refractivity contribution in [2.24, 2.45) is 5.92 Å². The van der Waals surface area contributed by atoms with Gasteiger partial charge in [0, 0.05) is 0 Å². The van der Waals surface area contributed by atoms with Crippen LogP contribution in [0.15, 0.2) is 49.1 Å². The largest absolute Gasteiger partial charge is 0.251 e. The zero-order chi connectivity index (χ0) is 15.0. The van der Waals surface area contributed by atoms with Crippen LogP contribution >= 0.6 is 0 Å². The van der Waals surface area contributed by atoms with Gasteiger partial charge in [0.2, 0.25) is 0 Å². The summed E-state index contributed by atoms with van der Waals surface area (Å²) in [6, 6.07) is 6.36. The second kappa shape index (κ2) is 8.52. The Morgan fingerprint density at radius 2 is 2.15 bits per heavy atom. The zero-order valence-electron chi connectivity index (χ0n) is 12.7. The van der Waals surface area contributed by atoms with Gasteiger partial charge in [0.05, 0.1) is 6.67 Å². The van der Waals surface area contributed by atoms with Crippen molar-refractivity contribution in [1.29, 1.82) is 0 Å². The molecule has 1 rings (SSSR count). The SMILES string of the molecule is C=CCC(=C)/C=C\c1ccc(CC(CC)CF)cc1C. The summed E-state index contributed by atoms with van der Waals surface area (Å²) >= 11 is 0. The van der Waals surface area contributed by atoms with Crippen molar-refractivity contribution >= 4 is 6.08 Å². The van der Waals surface area contributed by atoms with Gasteiger partial charge in [-0.25, -0.2) is 0 Å². The van der Waals surface area contributed by atoms with Crippen molar-refractivity contribution in [3.05, 3.63) is 65.8 Å². The van der Waals surface area contributed by atoms with Gasteiger partial charge in [-0.05, 0) is 42.4 Å². The first kappa shape index (κ1) is 16.4. The molecule has 0 fully saturated rings. The Balaban J connectivity index is 2.77. The second-order valence-electron chi connectivity index (χ2n) is 5.31. The summed E-state index contributed by atoms with van der Waals surface area (Å²) in [5, 5.41) is 0. The quantitative estimate of drug-likeness (QED) is 0.422. The van der Waals surface area contributed by atoms with E-state index in [1.807, 2.05) is 19.1 Å². The minimum atomic E-state index is -0.238. The van der Waals surface area contributed by atoms with E-state index in [0.717, 1.165) is 24.8 Å². The van der Waals surface area contributed by atoms with E-state index in [0.29, 0.717) is 0 Å². The van der Waals surface area contributed by atoms with E-state index in [-0.39, 0.29) is 12.6 Å². The minimum Gasteiger partial charge on any atom is -0.251 e. The number of hydrogen-bond donors (Lipinski definition) is 0. The summed E-state index contributed by atoms with van der Waals surface area (Å²) in [4.78, 5) is 0. The Morgan fingerprint density at radius 1 is 1.40 bits per heavy atom. The van der Waals surface area contributed by atoms with Gasteiger partial charge in [-0.15, -0.1) is 6.58 Å². The van der Waals surface area contributed by atoms with Gasteiger partial charge in [0.25, 0.3) is 0 Å². The maximum atomic E-state index is 12.8. The number of rotatable bonds is 8. The van der Waals surface area contributed by atoms with Crippen LogP contribution in [0.5, 0.6) is 0 Å². The molecule has 0 aromatic heterocycles. The smallest absolute Gasteiger partial charge is 0.0925 e. The Hall–Kier alpha value is -1.63. The highest BCUT2D eigenvalue weighted by atomic mass is 19.1. The lowest BCUT2D eigenvalue weighted by atomic mass is 9.95. The van der Waals surface area contributed by atoms with E-state index in [1.54, 1.807) is 0 Å². The molecule has 108 valence electrons. The maximum absolute atomic E-state index is 12.8. The molecule has 0 nitrogen and oxygen atoms in total.